The lowest BCUT2D eigenvalue weighted by Crippen LogP contribution is -2.41. The van der Waals surface area contributed by atoms with Gasteiger partial charge in [0.05, 0.1) is 19.1 Å². The molecule has 1 aromatic rings. The number of unbranched alkanes of at least 4 members (excludes halogenated alkanes) is 3. The van der Waals surface area contributed by atoms with Gasteiger partial charge in [-0.3, -0.25) is 4.79 Å². The molecule has 0 saturated carbocycles. The van der Waals surface area contributed by atoms with Gasteiger partial charge < -0.3 is 19.3 Å². The van der Waals surface area contributed by atoms with E-state index < -0.39 is 11.4 Å². The van der Waals surface area contributed by atoms with Crippen LogP contribution in [0.3, 0.4) is 0 Å². The molecule has 0 aliphatic carbocycles. The zero-order valence-corrected chi connectivity index (χ0v) is 19.8. The Balaban J connectivity index is 2.49. The Morgan fingerprint density at radius 1 is 0.933 bits per heavy atom. The maximum Gasteiger partial charge on any atom is 0.310 e. The number of carbonyl (C=O) groups is 1. The van der Waals surface area contributed by atoms with E-state index in [4.69, 9.17) is 14.2 Å². The Morgan fingerprint density at radius 2 is 1.60 bits per heavy atom. The van der Waals surface area contributed by atoms with Crippen molar-refractivity contribution >= 4 is 5.97 Å². The zero-order chi connectivity index (χ0) is 22.6. The van der Waals surface area contributed by atoms with Gasteiger partial charge in [-0.05, 0) is 48.8 Å². The molecule has 30 heavy (non-hydrogen) atoms. The summed E-state index contributed by atoms with van der Waals surface area (Å²) in [5, 5.41) is 9.85. The molecule has 1 rings (SSSR count). The van der Waals surface area contributed by atoms with E-state index in [9.17, 15) is 9.90 Å². The van der Waals surface area contributed by atoms with Crippen molar-refractivity contribution < 1.29 is 24.1 Å². The van der Waals surface area contributed by atoms with Crippen LogP contribution in [-0.2, 0) is 16.0 Å². The van der Waals surface area contributed by atoms with Gasteiger partial charge in [-0.2, -0.15) is 0 Å². The van der Waals surface area contributed by atoms with Gasteiger partial charge in [0.15, 0.2) is 11.5 Å². The topological polar surface area (TPSA) is 65.0 Å². The fourth-order valence-electron chi connectivity index (χ4n) is 4.32. The second kappa shape index (κ2) is 13.5. The highest BCUT2D eigenvalue weighted by atomic mass is 16.5. The van der Waals surface area contributed by atoms with Crippen molar-refractivity contribution in [2.75, 3.05) is 27.4 Å². The van der Waals surface area contributed by atoms with Gasteiger partial charge in [0.1, 0.15) is 0 Å². The van der Waals surface area contributed by atoms with E-state index in [1.807, 2.05) is 33.8 Å². The van der Waals surface area contributed by atoms with Crippen molar-refractivity contribution in [2.45, 2.75) is 72.6 Å². The smallest absolute Gasteiger partial charge is 0.310 e. The summed E-state index contributed by atoms with van der Waals surface area (Å²) in [5.41, 5.74) is 0.618. The maximum atomic E-state index is 12.0. The second-order valence-corrected chi connectivity index (χ2v) is 8.75. The fraction of sp³-hybridized carbons (Fsp3) is 0.720. The molecule has 0 saturated heterocycles. The highest BCUT2D eigenvalue weighted by Crippen LogP contribution is 2.41. The third-order valence-electron chi connectivity index (χ3n) is 6.24. The third-order valence-corrected chi connectivity index (χ3v) is 6.24. The van der Waals surface area contributed by atoms with Crippen molar-refractivity contribution in [1.29, 1.82) is 0 Å². The largest absolute Gasteiger partial charge is 0.493 e. The molecule has 0 aliphatic heterocycles. The molecule has 0 spiro atoms. The number of carboxylic acid groups (broad SMARTS) is 1. The number of hydrogen-bond acceptors (Lipinski definition) is 4. The molecule has 0 heterocycles. The molecule has 0 unspecified atom stereocenters. The van der Waals surface area contributed by atoms with Crippen LogP contribution in [0, 0.1) is 17.3 Å². The first-order valence-corrected chi connectivity index (χ1v) is 11.3. The molecule has 0 radical (unpaired) electrons. The lowest BCUT2D eigenvalue weighted by atomic mass is 9.66. The van der Waals surface area contributed by atoms with E-state index in [-0.39, 0.29) is 11.8 Å². The predicted octanol–water partition coefficient (Wildman–Crippen LogP) is 5.99. The summed E-state index contributed by atoms with van der Waals surface area (Å²) in [6.45, 7) is 9.42. The molecule has 1 aromatic carbocycles. The number of aryl methyl sites for hydroxylation is 1. The molecule has 0 atom stereocenters. The van der Waals surface area contributed by atoms with Crippen molar-refractivity contribution in [3.8, 4) is 11.5 Å². The summed E-state index contributed by atoms with van der Waals surface area (Å²) in [6, 6.07) is 6.12. The van der Waals surface area contributed by atoms with E-state index >= 15 is 0 Å². The van der Waals surface area contributed by atoms with Gasteiger partial charge in [0.2, 0.25) is 0 Å². The van der Waals surface area contributed by atoms with Crippen LogP contribution in [0.1, 0.15) is 71.8 Å². The summed E-state index contributed by atoms with van der Waals surface area (Å²) in [7, 11) is 3.34. The summed E-state index contributed by atoms with van der Waals surface area (Å²) >= 11 is 0. The van der Waals surface area contributed by atoms with Crippen LogP contribution >= 0.6 is 0 Å². The molecule has 0 bridgehead atoms. The summed E-state index contributed by atoms with van der Waals surface area (Å²) in [6.07, 6.45) is 6.77. The average Bonchev–Trinajstić information content (AvgIpc) is 2.70. The third kappa shape index (κ3) is 7.50. The first-order valence-electron chi connectivity index (χ1n) is 11.3. The van der Waals surface area contributed by atoms with Gasteiger partial charge >= 0.3 is 5.97 Å². The van der Waals surface area contributed by atoms with Gasteiger partial charge in [0, 0.05) is 20.1 Å². The second-order valence-electron chi connectivity index (χ2n) is 8.75. The van der Waals surface area contributed by atoms with Crippen LogP contribution in [0.5, 0.6) is 11.5 Å². The number of benzene rings is 1. The monoisotopic (exact) mass is 422 g/mol. The Kier molecular flexibility index (Phi) is 11.9. The number of hydrogen-bond donors (Lipinski definition) is 1. The zero-order valence-electron chi connectivity index (χ0n) is 19.8. The number of rotatable bonds is 16. The van der Waals surface area contributed by atoms with Crippen LogP contribution in [0.25, 0.3) is 0 Å². The van der Waals surface area contributed by atoms with Crippen LogP contribution in [0.2, 0.25) is 0 Å². The van der Waals surface area contributed by atoms with Crippen molar-refractivity contribution in [1.82, 2.24) is 0 Å². The van der Waals surface area contributed by atoms with Crippen molar-refractivity contribution in [3.63, 3.8) is 0 Å². The Bertz CT molecular complexity index is 616. The van der Waals surface area contributed by atoms with Crippen LogP contribution in [0.4, 0.5) is 0 Å². The first-order chi connectivity index (χ1) is 14.3. The lowest BCUT2D eigenvalue weighted by Gasteiger charge is -2.37. The highest BCUT2D eigenvalue weighted by Gasteiger charge is 2.43. The minimum Gasteiger partial charge on any atom is -0.493 e. The van der Waals surface area contributed by atoms with Gasteiger partial charge in [-0.25, -0.2) is 0 Å². The molecule has 0 aliphatic rings. The standard InChI is InChI=1S/C25H42O5/c1-19(2)25(20(3)4,24(26)27)15-10-8-7-9-12-21-13-14-22(29-6)23(18-21)30-17-11-16-28-5/h13-14,18-20H,7-12,15-17H2,1-6H3,(H,26,27). The lowest BCUT2D eigenvalue weighted by molar-refractivity contribution is -0.156. The molecule has 5 heteroatoms. The molecule has 0 fully saturated rings. The van der Waals surface area contributed by atoms with Gasteiger partial charge in [-0.15, -0.1) is 0 Å². The molecular weight excluding hydrogens is 380 g/mol. The molecule has 0 amide bonds. The van der Waals surface area contributed by atoms with E-state index in [2.05, 4.69) is 12.1 Å². The summed E-state index contributed by atoms with van der Waals surface area (Å²) < 4.78 is 16.3. The van der Waals surface area contributed by atoms with E-state index in [0.717, 1.165) is 56.4 Å². The van der Waals surface area contributed by atoms with E-state index in [0.29, 0.717) is 13.2 Å². The Hall–Kier alpha value is -1.75. The molecule has 172 valence electrons. The van der Waals surface area contributed by atoms with Crippen LogP contribution < -0.4 is 9.47 Å². The van der Waals surface area contributed by atoms with Crippen molar-refractivity contribution in [2.24, 2.45) is 17.3 Å². The molecule has 0 aromatic heterocycles. The number of ether oxygens (including phenoxy) is 3. The molecule has 5 nitrogen and oxygen atoms in total. The number of carboxylic acids is 1. The normalized spacial score (nSPS) is 11.9. The quantitative estimate of drug-likeness (QED) is 0.332. The summed E-state index contributed by atoms with van der Waals surface area (Å²) in [5.74, 6) is 1.16. The Labute approximate surface area is 183 Å². The van der Waals surface area contributed by atoms with E-state index in [1.165, 1.54) is 5.56 Å². The fourth-order valence-corrected chi connectivity index (χ4v) is 4.32. The molecule has 1 N–H and O–H groups in total. The first kappa shape index (κ1) is 26.3. The predicted molar refractivity (Wildman–Crippen MR) is 122 cm³/mol. The van der Waals surface area contributed by atoms with Crippen molar-refractivity contribution in [3.05, 3.63) is 23.8 Å². The summed E-state index contributed by atoms with van der Waals surface area (Å²) in [4.78, 5) is 12.0. The SMILES string of the molecule is COCCCOc1cc(CCCCCCC(C(=O)O)(C(C)C)C(C)C)ccc1OC. The highest BCUT2D eigenvalue weighted by molar-refractivity contribution is 5.75. The average molecular weight is 423 g/mol. The maximum absolute atomic E-state index is 12.0. The van der Waals surface area contributed by atoms with Gasteiger partial charge in [0.25, 0.3) is 0 Å². The molecular formula is C25H42O5. The number of aliphatic carboxylic acids is 1. The minimum atomic E-state index is -0.649. The van der Waals surface area contributed by atoms with Crippen LogP contribution in [0.15, 0.2) is 18.2 Å². The van der Waals surface area contributed by atoms with Crippen LogP contribution in [-0.4, -0.2) is 38.5 Å². The van der Waals surface area contributed by atoms with Gasteiger partial charge in [-0.1, -0.05) is 53.0 Å². The van der Waals surface area contributed by atoms with E-state index in [1.54, 1.807) is 14.2 Å². The number of methoxy groups -OCH3 is 2. The minimum absolute atomic E-state index is 0.136. The Morgan fingerprint density at radius 3 is 2.17 bits per heavy atom.